The number of rotatable bonds is 14. The molecule has 0 saturated carbocycles. The second kappa shape index (κ2) is 19.9. The molecule has 0 radical (unpaired) electrons. The van der Waals surface area contributed by atoms with Gasteiger partial charge in [0.15, 0.2) is 0 Å². The van der Waals surface area contributed by atoms with Crippen LogP contribution in [0, 0.1) is 0 Å². The zero-order valence-corrected chi connectivity index (χ0v) is 47.0. The van der Waals surface area contributed by atoms with Gasteiger partial charge >= 0.3 is 0 Å². The predicted molar refractivity (Wildman–Crippen MR) is 331 cm³/mol. The van der Waals surface area contributed by atoms with Crippen molar-refractivity contribution in [3.8, 4) is 39.1 Å². The maximum Gasteiger partial charge on any atom is 0.119 e. The molecule has 0 saturated heterocycles. The molecule has 10 aromatic carbocycles. The van der Waals surface area contributed by atoms with Crippen molar-refractivity contribution in [3.05, 3.63) is 297 Å². The van der Waals surface area contributed by atoms with E-state index in [2.05, 4.69) is 284 Å². The number of hydrogen-bond donors (Lipinski definition) is 0. The molecule has 0 aliphatic heterocycles. The minimum atomic E-state index is -0.633. The van der Waals surface area contributed by atoms with E-state index in [4.69, 9.17) is 4.74 Å². The van der Waals surface area contributed by atoms with Crippen molar-refractivity contribution in [2.45, 2.75) is 109 Å². The van der Waals surface area contributed by atoms with Crippen LogP contribution in [-0.4, -0.2) is 0 Å². The van der Waals surface area contributed by atoms with Crippen LogP contribution < -0.4 is 9.64 Å². The van der Waals surface area contributed by atoms with Gasteiger partial charge in [0.1, 0.15) is 12.4 Å². The average Bonchev–Trinajstić information content (AvgIpc) is 4.07. The molecule has 0 aromatic heterocycles. The van der Waals surface area contributed by atoms with Gasteiger partial charge in [-0.25, -0.2) is 0 Å². The number of hydrogen-bond acceptors (Lipinski definition) is 2. The Morgan fingerprint density at radius 2 is 1.03 bits per heavy atom. The lowest BCUT2D eigenvalue weighted by molar-refractivity contribution is 0.306. The van der Waals surface area contributed by atoms with E-state index in [0.717, 1.165) is 35.7 Å². The van der Waals surface area contributed by atoms with Crippen molar-refractivity contribution in [1.29, 1.82) is 0 Å². The lowest BCUT2D eigenvalue weighted by Gasteiger charge is -2.35. The Labute approximate surface area is 469 Å². The van der Waals surface area contributed by atoms with Crippen LogP contribution in [0.3, 0.4) is 0 Å². The minimum Gasteiger partial charge on any atom is -0.489 e. The van der Waals surface area contributed by atoms with E-state index in [1.54, 1.807) is 5.56 Å². The van der Waals surface area contributed by atoms with Gasteiger partial charge in [-0.15, -0.1) is 0 Å². The molecule has 0 heterocycles. The molecular weight excluding hydrogens is 955 g/mol. The predicted octanol–water partition coefficient (Wildman–Crippen LogP) is 20.2. The Morgan fingerprint density at radius 3 is 1.66 bits per heavy atom. The second-order valence-electron chi connectivity index (χ2n) is 24.3. The molecule has 2 heteroatoms. The summed E-state index contributed by atoms with van der Waals surface area (Å²) < 4.78 is 6.65. The molecule has 13 rings (SSSR count). The van der Waals surface area contributed by atoms with E-state index < -0.39 is 5.41 Å². The van der Waals surface area contributed by atoms with Gasteiger partial charge in [0.2, 0.25) is 0 Å². The minimum absolute atomic E-state index is 0.00513. The maximum absolute atomic E-state index is 6.65. The number of ether oxygens (including phenoxy) is 1. The summed E-state index contributed by atoms with van der Waals surface area (Å²) in [7, 11) is 0. The molecule has 10 aromatic rings. The summed E-state index contributed by atoms with van der Waals surface area (Å²) in [6.45, 7) is 16.9. The monoisotopic (exact) mass is 1030 g/mol. The largest absolute Gasteiger partial charge is 0.489 e. The molecule has 3 aliphatic carbocycles. The highest BCUT2D eigenvalue weighted by Gasteiger charge is 2.47. The van der Waals surface area contributed by atoms with Gasteiger partial charge in [0.05, 0.1) is 5.41 Å². The van der Waals surface area contributed by atoms with Crippen LogP contribution >= 0.6 is 0 Å². The van der Waals surface area contributed by atoms with Crippen molar-refractivity contribution < 1.29 is 4.74 Å². The van der Waals surface area contributed by atoms with Crippen molar-refractivity contribution in [2.24, 2.45) is 0 Å². The Kier molecular flexibility index (Phi) is 12.7. The quantitative estimate of drug-likeness (QED) is 0.108. The lowest BCUT2D eigenvalue weighted by atomic mass is 9.67. The van der Waals surface area contributed by atoms with E-state index >= 15 is 0 Å². The number of fused-ring (bicyclic) bond motifs is 7. The normalized spacial score (nSPS) is 16.1. The molecule has 0 bridgehead atoms. The molecule has 3 atom stereocenters. The molecule has 390 valence electrons. The third kappa shape index (κ3) is 8.81. The topological polar surface area (TPSA) is 12.5 Å². The zero-order chi connectivity index (χ0) is 54.0. The first kappa shape index (κ1) is 50.3. The summed E-state index contributed by atoms with van der Waals surface area (Å²) in [4.78, 5) is 2.48. The number of nitrogens with zero attached hydrogens (tertiary/aromatic N) is 1. The molecule has 0 amide bonds. The summed E-state index contributed by atoms with van der Waals surface area (Å²) in [5.74, 6) is 1.90. The number of anilines is 3. The molecular formula is C77H71NO. The van der Waals surface area contributed by atoms with Crippen molar-refractivity contribution in [3.63, 3.8) is 0 Å². The van der Waals surface area contributed by atoms with Crippen LogP contribution in [0.1, 0.15) is 140 Å². The first-order valence-corrected chi connectivity index (χ1v) is 28.9. The summed E-state index contributed by atoms with van der Waals surface area (Å²) in [6.07, 6.45) is 4.78. The SMILES string of the molecule is CCC(CC(C)c1ccc(COc2ccc(C3(c4ccc(C(C)(C)C)cc4)c4ccccc4-c4ccc(N(c5ccc(-c6ccccc6)cc5)c5ccc6c(c5)C(C)(C)c5ccccc5-6)cc43)cc2)cc1)c1ccc2c(c1)CC2. The molecule has 3 unspecified atom stereocenters. The number of benzene rings is 10. The van der Waals surface area contributed by atoms with Gasteiger partial charge in [0.25, 0.3) is 0 Å². The molecule has 3 aliphatic rings. The second-order valence-corrected chi connectivity index (χ2v) is 24.3. The molecule has 0 spiro atoms. The molecule has 79 heavy (non-hydrogen) atoms. The maximum atomic E-state index is 6.65. The van der Waals surface area contributed by atoms with Gasteiger partial charge in [-0.1, -0.05) is 230 Å². The average molecular weight is 1030 g/mol. The van der Waals surface area contributed by atoms with Gasteiger partial charge in [-0.3, -0.25) is 0 Å². The van der Waals surface area contributed by atoms with E-state index in [-0.39, 0.29) is 10.8 Å². The van der Waals surface area contributed by atoms with Gasteiger partial charge < -0.3 is 9.64 Å². The van der Waals surface area contributed by atoms with Crippen LogP contribution in [-0.2, 0) is 35.7 Å². The first-order valence-electron chi connectivity index (χ1n) is 28.9. The highest BCUT2D eigenvalue weighted by molar-refractivity contribution is 5.91. The fourth-order valence-electron chi connectivity index (χ4n) is 13.6. The highest BCUT2D eigenvalue weighted by atomic mass is 16.5. The Balaban J connectivity index is 0.873. The number of aryl methyl sites for hydroxylation is 2. The lowest BCUT2D eigenvalue weighted by Crippen LogP contribution is -2.29. The molecule has 2 nitrogen and oxygen atoms in total. The van der Waals surface area contributed by atoms with Crippen molar-refractivity contribution >= 4 is 17.1 Å². The summed E-state index contributed by atoms with van der Waals surface area (Å²) in [5.41, 5.74) is 26.3. The van der Waals surface area contributed by atoms with Gasteiger partial charge in [0, 0.05) is 22.5 Å². The fourth-order valence-corrected chi connectivity index (χ4v) is 13.6. The van der Waals surface area contributed by atoms with Gasteiger partial charge in [-0.2, -0.15) is 0 Å². The summed E-state index contributed by atoms with van der Waals surface area (Å²) >= 11 is 0. The van der Waals surface area contributed by atoms with E-state index in [1.165, 1.54) is 107 Å². The van der Waals surface area contributed by atoms with Crippen molar-refractivity contribution in [2.75, 3.05) is 4.90 Å². The third-order valence-corrected chi connectivity index (χ3v) is 18.3. The first-order chi connectivity index (χ1) is 38.4. The smallest absolute Gasteiger partial charge is 0.119 e. The van der Waals surface area contributed by atoms with Crippen LogP contribution in [0.15, 0.2) is 231 Å². The van der Waals surface area contributed by atoms with Crippen LogP contribution in [0.4, 0.5) is 17.1 Å². The zero-order valence-electron chi connectivity index (χ0n) is 47.0. The fraction of sp³-hybridized carbons (Fsp3) is 0.221. The summed E-state index contributed by atoms with van der Waals surface area (Å²) in [6, 6.07) is 87.1. The molecule has 0 N–H and O–H groups in total. The van der Waals surface area contributed by atoms with Crippen LogP contribution in [0.2, 0.25) is 0 Å². The van der Waals surface area contributed by atoms with E-state index in [0.29, 0.717) is 18.4 Å². The van der Waals surface area contributed by atoms with Crippen LogP contribution in [0.25, 0.3) is 33.4 Å². The Morgan fingerprint density at radius 1 is 0.481 bits per heavy atom. The Bertz CT molecular complexity index is 3860. The standard InChI is InChI=1S/C77H71NO/c1-8-53(58-28-26-57-27-29-59(57)47-58)46-51(2)54-24-22-52(23-25-54)50-79-66-42-36-62(37-43-66)77(61-34-32-60(33-35-61)75(3,4)5)72-21-15-13-19-68(72)70-45-41-65(49-74(70)77)78(63-38-30-56(31-39-63)55-16-10-9-11-17-55)64-40-44-69-67-18-12-14-20-71(67)76(6,7)73(69)48-64/h9-26,28,30-45,47-49,51,53H,8,27,29,46,50H2,1-7H3. The van der Waals surface area contributed by atoms with E-state index in [1.807, 2.05) is 0 Å². The van der Waals surface area contributed by atoms with E-state index in [9.17, 15) is 0 Å². The Hall–Kier alpha value is -8.20. The highest BCUT2D eigenvalue weighted by Crippen LogP contribution is 2.58. The van der Waals surface area contributed by atoms with Crippen LogP contribution in [0.5, 0.6) is 5.75 Å². The third-order valence-electron chi connectivity index (χ3n) is 18.3. The van der Waals surface area contributed by atoms with Gasteiger partial charge in [-0.05, 0) is 192 Å². The van der Waals surface area contributed by atoms with Crippen molar-refractivity contribution in [1.82, 2.24) is 0 Å². The molecule has 0 fully saturated rings. The summed E-state index contributed by atoms with van der Waals surface area (Å²) in [5, 5.41) is 0.